The molecule has 2 aromatic heterocycles. The van der Waals surface area contributed by atoms with Crippen LogP contribution < -0.4 is 10.6 Å². The molecule has 0 spiro atoms. The lowest BCUT2D eigenvalue weighted by Gasteiger charge is -2.14. The molecule has 0 bridgehead atoms. The van der Waals surface area contributed by atoms with Gasteiger partial charge in [-0.05, 0) is 26.3 Å². The fourth-order valence-corrected chi connectivity index (χ4v) is 2.41. The van der Waals surface area contributed by atoms with Gasteiger partial charge in [0.1, 0.15) is 5.82 Å². The maximum Gasteiger partial charge on any atom is 0.157 e. The zero-order chi connectivity index (χ0) is 12.5. The van der Waals surface area contributed by atoms with Crippen molar-refractivity contribution in [3.63, 3.8) is 0 Å². The Morgan fingerprint density at radius 2 is 2.39 bits per heavy atom. The molecule has 0 amide bonds. The van der Waals surface area contributed by atoms with Crippen LogP contribution in [0.5, 0.6) is 0 Å². The van der Waals surface area contributed by atoms with E-state index in [0.29, 0.717) is 6.04 Å². The molecular weight excluding hydrogens is 226 g/mol. The Bertz CT molecular complexity index is 554. The largest absolute Gasteiger partial charge is 0.366 e. The van der Waals surface area contributed by atoms with Crippen molar-refractivity contribution in [1.29, 1.82) is 0 Å². The van der Waals surface area contributed by atoms with E-state index in [1.54, 1.807) is 0 Å². The Labute approximate surface area is 107 Å². The van der Waals surface area contributed by atoms with E-state index in [1.807, 2.05) is 11.4 Å². The lowest BCUT2D eigenvalue weighted by molar-refractivity contribution is 0.770. The van der Waals surface area contributed by atoms with Crippen molar-refractivity contribution < 1.29 is 0 Å². The third-order valence-electron chi connectivity index (χ3n) is 3.38. The van der Waals surface area contributed by atoms with Crippen molar-refractivity contribution in [3.05, 3.63) is 23.5 Å². The summed E-state index contributed by atoms with van der Waals surface area (Å²) in [6.07, 6.45) is 2.09. The summed E-state index contributed by atoms with van der Waals surface area (Å²) in [6, 6.07) is 4.62. The van der Waals surface area contributed by atoms with Gasteiger partial charge < -0.3 is 10.6 Å². The van der Waals surface area contributed by atoms with Gasteiger partial charge in [0.05, 0.1) is 5.69 Å². The summed E-state index contributed by atoms with van der Waals surface area (Å²) in [6.45, 7) is 6.24. The minimum Gasteiger partial charge on any atom is -0.366 e. The van der Waals surface area contributed by atoms with E-state index in [9.17, 15) is 0 Å². The monoisotopic (exact) mass is 245 g/mol. The Balaban J connectivity index is 2.00. The highest BCUT2D eigenvalue weighted by Gasteiger charge is 2.16. The Morgan fingerprint density at radius 1 is 1.50 bits per heavy atom. The highest BCUT2D eigenvalue weighted by molar-refractivity contribution is 5.51. The summed E-state index contributed by atoms with van der Waals surface area (Å²) < 4.78 is 1.92. The zero-order valence-corrected chi connectivity index (χ0v) is 10.9. The fraction of sp³-hybridized carbons (Fsp3) is 0.538. The second-order valence-corrected chi connectivity index (χ2v) is 4.88. The summed E-state index contributed by atoms with van der Waals surface area (Å²) in [5.41, 5.74) is 3.04. The second-order valence-electron chi connectivity index (χ2n) is 4.88. The standard InChI is InChI=1S/C13H19N5/c1-3-10-7-13-15-9(2)6-12(18(13)17-10)16-11-4-5-14-8-11/h6-7,11,14,16H,3-5,8H2,1-2H3. The predicted octanol–water partition coefficient (Wildman–Crippen LogP) is 1.37. The molecule has 0 radical (unpaired) electrons. The van der Waals surface area contributed by atoms with Crippen molar-refractivity contribution in [1.82, 2.24) is 19.9 Å². The molecule has 2 aromatic rings. The number of aryl methyl sites for hydroxylation is 2. The maximum atomic E-state index is 4.59. The maximum absolute atomic E-state index is 4.59. The normalized spacial score (nSPS) is 19.6. The van der Waals surface area contributed by atoms with Gasteiger partial charge in [0.15, 0.2) is 5.65 Å². The lowest BCUT2D eigenvalue weighted by atomic mass is 10.2. The zero-order valence-electron chi connectivity index (χ0n) is 10.9. The molecule has 1 atom stereocenters. The van der Waals surface area contributed by atoms with Gasteiger partial charge in [0.2, 0.25) is 0 Å². The number of aromatic nitrogens is 3. The first-order valence-corrected chi connectivity index (χ1v) is 6.60. The molecule has 1 aliphatic rings. The van der Waals surface area contributed by atoms with Crippen LogP contribution in [0.25, 0.3) is 5.65 Å². The van der Waals surface area contributed by atoms with Gasteiger partial charge in [-0.2, -0.15) is 9.61 Å². The highest BCUT2D eigenvalue weighted by Crippen LogP contribution is 2.16. The second kappa shape index (κ2) is 4.57. The van der Waals surface area contributed by atoms with Crippen LogP contribution in [0.1, 0.15) is 24.7 Å². The van der Waals surface area contributed by atoms with Crippen molar-refractivity contribution >= 4 is 11.5 Å². The van der Waals surface area contributed by atoms with Crippen molar-refractivity contribution in [2.24, 2.45) is 0 Å². The molecule has 0 saturated carbocycles. The van der Waals surface area contributed by atoms with E-state index in [2.05, 4.69) is 39.8 Å². The number of nitrogens with zero attached hydrogens (tertiary/aromatic N) is 3. The number of nitrogens with one attached hydrogen (secondary N) is 2. The van der Waals surface area contributed by atoms with Gasteiger partial charge in [-0.3, -0.25) is 0 Å². The van der Waals surface area contributed by atoms with E-state index in [0.717, 1.165) is 48.8 Å². The number of fused-ring (bicyclic) bond motifs is 1. The van der Waals surface area contributed by atoms with Crippen LogP contribution in [-0.4, -0.2) is 33.7 Å². The molecule has 1 unspecified atom stereocenters. The quantitative estimate of drug-likeness (QED) is 0.857. The van der Waals surface area contributed by atoms with Crippen LogP contribution in [0, 0.1) is 6.92 Å². The summed E-state index contributed by atoms with van der Waals surface area (Å²) in [5, 5.41) is 11.5. The molecule has 5 heteroatoms. The molecule has 2 N–H and O–H groups in total. The smallest absolute Gasteiger partial charge is 0.157 e. The number of hydrogen-bond donors (Lipinski definition) is 2. The van der Waals surface area contributed by atoms with Gasteiger partial charge in [-0.1, -0.05) is 6.92 Å². The molecule has 3 rings (SSSR count). The third-order valence-corrected chi connectivity index (χ3v) is 3.38. The van der Waals surface area contributed by atoms with E-state index >= 15 is 0 Å². The number of hydrogen-bond acceptors (Lipinski definition) is 4. The van der Waals surface area contributed by atoms with Crippen LogP contribution in [0.2, 0.25) is 0 Å². The van der Waals surface area contributed by atoms with Crippen LogP contribution in [0.3, 0.4) is 0 Å². The lowest BCUT2D eigenvalue weighted by Crippen LogP contribution is -2.23. The molecule has 0 aromatic carbocycles. The van der Waals surface area contributed by atoms with E-state index < -0.39 is 0 Å². The molecule has 5 nitrogen and oxygen atoms in total. The predicted molar refractivity (Wildman–Crippen MR) is 72.0 cm³/mol. The van der Waals surface area contributed by atoms with Crippen LogP contribution >= 0.6 is 0 Å². The van der Waals surface area contributed by atoms with Crippen molar-refractivity contribution in [2.45, 2.75) is 32.7 Å². The molecule has 18 heavy (non-hydrogen) atoms. The number of rotatable bonds is 3. The molecule has 96 valence electrons. The minimum absolute atomic E-state index is 0.490. The number of anilines is 1. The molecule has 1 aliphatic heterocycles. The summed E-state index contributed by atoms with van der Waals surface area (Å²) >= 11 is 0. The van der Waals surface area contributed by atoms with Crippen LogP contribution in [0.15, 0.2) is 12.1 Å². The first-order valence-electron chi connectivity index (χ1n) is 6.60. The first-order chi connectivity index (χ1) is 8.76. The van der Waals surface area contributed by atoms with Gasteiger partial charge in [-0.15, -0.1) is 0 Å². The fourth-order valence-electron chi connectivity index (χ4n) is 2.41. The van der Waals surface area contributed by atoms with Crippen LogP contribution in [0.4, 0.5) is 5.82 Å². The third kappa shape index (κ3) is 2.06. The first kappa shape index (κ1) is 11.5. The molecular formula is C13H19N5. The van der Waals surface area contributed by atoms with Gasteiger partial charge in [0.25, 0.3) is 0 Å². The summed E-state index contributed by atoms with van der Waals surface area (Å²) in [4.78, 5) is 4.52. The molecule has 1 saturated heterocycles. The van der Waals surface area contributed by atoms with Gasteiger partial charge >= 0.3 is 0 Å². The van der Waals surface area contributed by atoms with Gasteiger partial charge in [0, 0.05) is 30.4 Å². The average Bonchev–Trinajstić information content (AvgIpc) is 2.97. The van der Waals surface area contributed by atoms with E-state index in [4.69, 9.17) is 0 Å². The van der Waals surface area contributed by atoms with Crippen LogP contribution in [-0.2, 0) is 6.42 Å². The van der Waals surface area contributed by atoms with E-state index in [-0.39, 0.29) is 0 Å². The SMILES string of the molecule is CCc1cc2nc(C)cc(NC3CCNC3)n2n1. The average molecular weight is 245 g/mol. The van der Waals surface area contributed by atoms with Crippen molar-refractivity contribution in [3.8, 4) is 0 Å². The summed E-state index contributed by atoms with van der Waals surface area (Å²) in [7, 11) is 0. The Morgan fingerprint density at radius 3 is 3.11 bits per heavy atom. The molecule has 1 fully saturated rings. The molecule has 3 heterocycles. The topological polar surface area (TPSA) is 54.2 Å². The Hall–Kier alpha value is -1.62. The summed E-state index contributed by atoms with van der Waals surface area (Å²) in [5.74, 6) is 1.05. The highest BCUT2D eigenvalue weighted by atomic mass is 15.3. The van der Waals surface area contributed by atoms with E-state index in [1.165, 1.54) is 0 Å². The minimum atomic E-state index is 0.490. The van der Waals surface area contributed by atoms with Crippen molar-refractivity contribution in [2.75, 3.05) is 18.4 Å². The Kier molecular flexibility index (Phi) is 2.91. The van der Waals surface area contributed by atoms with Gasteiger partial charge in [-0.25, -0.2) is 4.98 Å². The molecule has 0 aliphatic carbocycles.